The van der Waals surface area contributed by atoms with E-state index in [-0.39, 0.29) is 12.4 Å². The lowest BCUT2D eigenvalue weighted by Gasteiger charge is -2.12. The molecule has 0 aliphatic heterocycles. The van der Waals surface area contributed by atoms with E-state index >= 15 is 0 Å². The summed E-state index contributed by atoms with van der Waals surface area (Å²) >= 11 is 0. The molecule has 0 bridgehead atoms. The fraction of sp³-hybridized carbons (Fsp3) is 0.120. The molecule has 0 aliphatic carbocycles. The normalized spacial score (nSPS) is 11.2. The second kappa shape index (κ2) is 7.94. The van der Waals surface area contributed by atoms with Crippen LogP contribution in [0, 0.1) is 5.82 Å². The molecule has 0 fully saturated rings. The Kier molecular flexibility index (Phi) is 4.95. The lowest BCUT2D eigenvalue weighted by Crippen LogP contribution is -1.99. The van der Waals surface area contributed by atoms with Gasteiger partial charge in [-0.05, 0) is 60.2 Å². The maximum atomic E-state index is 13.4. The van der Waals surface area contributed by atoms with Gasteiger partial charge in [-0.3, -0.25) is 4.68 Å². The number of rotatable bonds is 5. The van der Waals surface area contributed by atoms with Crippen LogP contribution in [0.25, 0.3) is 33.7 Å². The molecule has 2 aromatic heterocycles. The van der Waals surface area contributed by atoms with Crippen LogP contribution >= 0.6 is 0 Å². The van der Waals surface area contributed by atoms with Gasteiger partial charge >= 0.3 is 0 Å². The molecule has 5 rings (SSSR count). The van der Waals surface area contributed by atoms with Crippen LogP contribution in [-0.4, -0.2) is 24.4 Å². The highest BCUT2D eigenvalue weighted by molar-refractivity contribution is 5.93. The van der Waals surface area contributed by atoms with Crippen LogP contribution in [-0.2, 0) is 20.7 Å². The van der Waals surface area contributed by atoms with Crippen molar-refractivity contribution in [2.75, 3.05) is 5.32 Å². The van der Waals surface area contributed by atoms with E-state index in [1.165, 1.54) is 12.1 Å². The monoisotopic (exact) mass is 427 g/mol. The molecule has 0 aliphatic rings. The fourth-order valence-corrected chi connectivity index (χ4v) is 4.02. The highest BCUT2D eigenvalue weighted by Crippen LogP contribution is 2.32. The maximum Gasteiger partial charge on any atom is 0.140 e. The van der Waals surface area contributed by atoms with Gasteiger partial charge in [0, 0.05) is 37.1 Å². The van der Waals surface area contributed by atoms with Gasteiger partial charge < -0.3 is 15.0 Å². The van der Waals surface area contributed by atoms with Crippen molar-refractivity contribution >= 4 is 22.4 Å². The summed E-state index contributed by atoms with van der Waals surface area (Å²) < 4.78 is 17.1. The first-order valence-electron chi connectivity index (χ1n) is 10.3. The second-order valence-corrected chi connectivity index (χ2v) is 7.67. The highest BCUT2D eigenvalue weighted by atomic mass is 19.1. The minimum absolute atomic E-state index is 0.0848. The standard InChI is InChI=1S/C25H22FN5O/c1-30-23-5-3-4-21(24(23)29-25(30)16-6-8-18(26)9-7-16)28-19-10-11-20(17(14-19)15-32)22-12-13-27-31(22)2/h3-14,28,32H,15H2,1-2H3. The number of nitrogens with one attached hydrogen (secondary N) is 1. The van der Waals surface area contributed by atoms with E-state index in [1.54, 1.807) is 23.0 Å². The topological polar surface area (TPSA) is 67.9 Å². The molecule has 0 saturated heterocycles. The molecular formula is C25H22FN5O. The van der Waals surface area contributed by atoms with Crippen molar-refractivity contribution in [2.24, 2.45) is 14.1 Å². The van der Waals surface area contributed by atoms with E-state index in [2.05, 4.69) is 10.4 Å². The number of fused-ring (bicyclic) bond motifs is 1. The minimum Gasteiger partial charge on any atom is -0.392 e. The van der Waals surface area contributed by atoms with Gasteiger partial charge in [-0.15, -0.1) is 0 Å². The predicted octanol–water partition coefficient (Wildman–Crippen LogP) is 5.02. The van der Waals surface area contributed by atoms with Gasteiger partial charge in [0.15, 0.2) is 0 Å². The first kappa shape index (κ1) is 20.0. The number of hydrogen-bond acceptors (Lipinski definition) is 4. The fourth-order valence-electron chi connectivity index (χ4n) is 4.02. The number of halogens is 1. The molecule has 0 amide bonds. The number of anilines is 2. The van der Waals surface area contributed by atoms with Crippen molar-refractivity contribution in [2.45, 2.75) is 6.61 Å². The molecule has 7 heteroatoms. The van der Waals surface area contributed by atoms with Gasteiger partial charge in [0.2, 0.25) is 0 Å². The largest absolute Gasteiger partial charge is 0.392 e. The number of nitrogens with zero attached hydrogens (tertiary/aromatic N) is 4. The van der Waals surface area contributed by atoms with Crippen molar-refractivity contribution in [3.05, 3.63) is 84.3 Å². The third-order valence-electron chi connectivity index (χ3n) is 5.67. The van der Waals surface area contributed by atoms with Crippen LogP contribution in [0.15, 0.2) is 72.9 Å². The quantitative estimate of drug-likeness (QED) is 0.414. The van der Waals surface area contributed by atoms with Crippen molar-refractivity contribution in [3.63, 3.8) is 0 Å². The van der Waals surface area contributed by atoms with Crippen LogP contribution in [0.5, 0.6) is 0 Å². The lowest BCUT2D eigenvalue weighted by atomic mass is 10.0. The third kappa shape index (κ3) is 3.42. The number of hydrogen-bond donors (Lipinski definition) is 2. The summed E-state index contributed by atoms with van der Waals surface area (Å²) in [4.78, 5) is 4.84. The SMILES string of the molecule is Cn1nccc1-c1ccc(Nc2cccc3c2nc(-c2ccc(F)cc2)n3C)cc1CO. The predicted molar refractivity (Wildman–Crippen MR) is 124 cm³/mol. The third-order valence-corrected chi connectivity index (χ3v) is 5.67. The zero-order chi connectivity index (χ0) is 22.2. The lowest BCUT2D eigenvalue weighted by molar-refractivity contribution is 0.282. The summed E-state index contributed by atoms with van der Waals surface area (Å²) in [5, 5.41) is 17.6. The Balaban J connectivity index is 1.54. The number of benzene rings is 3. The van der Waals surface area contributed by atoms with Crippen LogP contribution in [0.4, 0.5) is 15.8 Å². The molecule has 2 heterocycles. The van der Waals surface area contributed by atoms with Gasteiger partial charge in [0.05, 0.1) is 23.5 Å². The van der Waals surface area contributed by atoms with E-state index in [9.17, 15) is 9.50 Å². The Morgan fingerprint density at radius 1 is 1.00 bits per heavy atom. The highest BCUT2D eigenvalue weighted by Gasteiger charge is 2.14. The number of imidazole rings is 1. The van der Waals surface area contributed by atoms with Gasteiger partial charge in [0.25, 0.3) is 0 Å². The molecule has 32 heavy (non-hydrogen) atoms. The summed E-state index contributed by atoms with van der Waals surface area (Å²) in [5.41, 5.74) is 7.01. The molecule has 160 valence electrons. The molecule has 0 unspecified atom stereocenters. The summed E-state index contributed by atoms with van der Waals surface area (Å²) in [6.45, 7) is -0.0848. The number of para-hydroxylation sites is 1. The number of aryl methyl sites for hydroxylation is 2. The zero-order valence-corrected chi connectivity index (χ0v) is 17.7. The Morgan fingerprint density at radius 2 is 1.81 bits per heavy atom. The molecule has 3 aromatic carbocycles. The van der Waals surface area contributed by atoms with Crippen molar-refractivity contribution in [1.82, 2.24) is 19.3 Å². The van der Waals surface area contributed by atoms with Crippen LogP contribution in [0.3, 0.4) is 0 Å². The average molecular weight is 427 g/mol. The Hall–Kier alpha value is -3.97. The van der Waals surface area contributed by atoms with Crippen molar-refractivity contribution in [3.8, 4) is 22.6 Å². The first-order chi connectivity index (χ1) is 15.5. The van der Waals surface area contributed by atoms with Crippen molar-refractivity contribution < 1.29 is 9.50 Å². The summed E-state index contributed by atoms with van der Waals surface area (Å²) in [6.07, 6.45) is 1.74. The number of aliphatic hydroxyl groups excluding tert-OH is 1. The Morgan fingerprint density at radius 3 is 2.53 bits per heavy atom. The minimum atomic E-state index is -0.274. The van der Waals surface area contributed by atoms with E-state index in [1.807, 2.05) is 61.1 Å². The van der Waals surface area contributed by atoms with E-state index in [4.69, 9.17) is 4.98 Å². The molecular weight excluding hydrogens is 405 g/mol. The van der Waals surface area contributed by atoms with E-state index < -0.39 is 0 Å². The van der Waals surface area contributed by atoms with Crippen LogP contribution in [0.2, 0.25) is 0 Å². The number of aromatic nitrogens is 4. The Labute approximate surface area is 184 Å². The van der Waals surface area contributed by atoms with Crippen LogP contribution in [0.1, 0.15) is 5.56 Å². The van der Waals surface area contributed by atoms with E-state index in [0.717, 1.165) is 50.6 Å². The average Bonchev–Trinajstić information content (AvgIpc) is 3.38. The second-order valence-electron chi connectivity index (χ2n) is 7.67. The molecule has 0 spiro atoms. The summed E-state index contributed by atoms with van der Waals surface area (Å²) in [7, 11) is 3.83. The molecule has 2 N–H and O–H groups in total. The molecule has 0 radical (unpaired) electrons. The summed E-state index contributed by atoms with van der Waals surface area (Å²) in [6, 6.07) is 20.1. The maximum absolute atomic E-state index is 13.4. The zero-order valence-electron chi connectivity index (χ0n) is 17.7. The Bertz CT molecular complexity index is 1420. The molecule has 5 aromatic rings. The smallest absolute Gasteiger partial charge is 0.140 e. The summed E-state index contributed by atoms with van der Waals surface area (Å²) in [5.74, 6) is 0.487. The van der Waals surface area contributed by atoms with Gasteiger partial charge in [-0.1, -0.05) is 12.1 Å². The van der Waals surface area contributed by atoms with Crippen LogP contribution < -0.4 is 5.32 Å². The van der Waals surface area contributed by atoms with Crippen molar-refractivity contribution in [1.29, 1.82) is 0 Å². The number of aliphatic hydroxyl groups is 1. The van der Waals surface area contributed by atoms with Gasteiger partial charge in [-0.2, -0.15) is 5.10 Å². The van der Waals surface area contributed by atoms with E-state index in [0.29, 0.717) is 0 Å². The molecule has 0 saturated carbocycles. The molecule has 0 atom stereocenters. The van der Waals surface area contributed by atoms with Gasteiger partial charge in [0.1, 0.15) is 17.2 Å². The first-order valence-corrected chi connectivity index (χ1v) is 10.3. The molecule has 6 nitrogen and oxygen atoms in total. The van der Waals surface area contributed by atoms with Gasteiger partial charge in [-0.25, -0.2) is 9.37 Å².